The van der Waals surface area contributed by atoms with Crippen LogP contribution in [0, 0.1) is 0 Å². The topological polar surface area (TPSA) is 58.2 Å². The highest BCUT2D eigenvalue weighted by Gasteiger charge is 2.15. The van der Waals surface area contributed by atoms with Crippen LogP contribution in [-0.2, 0) is 0 Å². The highest BCUT2D eigenvalue weighted by Crippen LogP contribution is 2.19. The van der Waals surface area contributed by atoms with E-state index in [1.54, 1.807) is 48.5 Å². The van der Waals surface area contributed by atoms with Crippen LogP contribution in [0.15, 0.2) is 48.5 Å². The number of para-hydroxylation sites is 1. The Kier molecular flexibility index (Phi) is 5.55. The van der Waals surface area contributed by atoms with Crippen LogP contribution in [0.4, 0.5) is 5.69 Å². The molecule has 0 radical (unpaired) electrons. The van der Waals surface area contributed by atoms with E-state index >= 15 is 0 Å². The molecule has 2 rings (SSSR count). The molecule has 2 aromatic carbocycles. The molecule has 2 amide bonds. The third-order valence-corrected chi connectivity index (χ3v) is 3.40. The van der Waals surface area contributed by atoms with Crippen LogP contribution in [0.25, 0.3) is 0 Å². The lowest BCUT2D eigenvalue weighted by molar-refractivity contribution is 0.0954. The zero-order valence-corrected chi connectivity index (χ0v) is 13.0. The lowest BCUT2D eigenvalue weighted by Crippen LogP contribution is -2.25. The van der Waals surface area contributed by atoms with Crippen LogP contribution in [0.3, 0.4) is 0 Å². The molecule has 0 fully saturated rings. The molecule has 0 spiro atoms. The van der Waals surface area contributed by atoms with Crippen molar-refractivity contribution in [3.05, 3.63) is 64.7 Å². The minimum absolute atomic E-state index is 0.211. The predicted molar refractivity (Wildman–Crippen MR) is 88.5 cm³/mol. The summed E-state index contributed by atoms with van der Waals surface area (Å²) in [6.45, 7) is 2.57. The Morgan fingerprint density at radius 3 is 2.27 bits per heavy atom. The number of carbonyl (C=O) groups is 2. The van der Waals surface area contributed by atoms with Crippen LogP contribution in [0.1, 0.15) is 34.1 Å². The van der Waals surface area contributed by atoms with Gasteiger partial charge in [0.15, 0.2) is 0 Å². The number of hydrogen-bond acceptors (Lipinski definition) is 2. The van der Waals surface area contributed by atoms with Gasteiger partial charge >= 0.3 is 0 Å². The number of carbonyl (C=O) groups excluding carboxylic acids is 2. The van der Waals surface area contributed by atoms with Gasteiger partial charge in [0, 0.05) is 6.54 Å². The second-order valence-corrected chi connectivity index (χ2v) is 5.14. The minimum atomic E-state index is -0.346. The van der Waals surface area contributed by atoms with Crippen molar-refractivity contribution in [2.75, 3.05) is 11.9 Å². The lowest BCUT2D eigenvalue weighted by atomic mass is 10.1. The first-order valence-corrected chi connectivity index (χ1v) is 7.44. The van der Waals surface area contributed by atoms with Gasteiger partial charge in [-0.1, -0.05) is 42.8 Å². The average molecular weight is 317 g/mol. The molecule has 0 bridgehead atoms. The summed E-state index contributed by atoms with van der Waals surface area (Å²) < 4.78 is 0. The van der Waals surface area contributed by atoms with Crippen LogP contribution >= 0.6 is 11.6 Å². The maximum absolute atomic E-state index is 12.3. The summed E-state index contributed by atoms with van der Waals surface area (Å²) in [4.78, 5) is 24.4. The second-order valence-electron chi connectivity index (χ2n) is 4.74. The number of halogens is 1. The molecule has 0 aliphatic rings. The molecule has 0 aliphatic heterocycles. The first kappa shape index (κ1) is 16.0. The van der Waals surface area contributed by atoms with Gasteiger partial charge in [-0.05, 0) is 30.7 Å². The largest absolute Gasteiger partial charge is 0.352 e. The molecular weight excluding hydrogens is 300 g/mol. The van der Waals surface area contributed by atoms with E-state index in [1.807, 2.05) is 6.92 Å². The normalized spacial score (nSPS) is 10.1. The van der Waals surface area contributed by atoms with E-state index in [-0.39, 0.29) is 11.8 Å². The number of hydrogen-bond donors (Lipinski definition) is 2. The number of amides is 2. The summed E-state index contributed by atoms with van der Waals surface area (Å²) in [6, 6.07) is 13.7. The average Bonchev–Trinajstić information content (AvgIpc) is 2.53. The number of nitrogens with one attached hydrogen (secondary N) is 2. The standard InChI is InChI=1S/C17H17ClN2O2/c1-2-11-19-16(21)13-8-4-6-10-15(13)20-17(22)12-7-3-5-9-14(12)18/h3-10H,2,11H2,1H3,(H,19,21)(H,20,22). The Balaban J connectivity index is 2.21. The summed E-state index contributed by atoms with van der Waals surface area (Å²) >= 11 is 6.02. The van der Waals surface area contributed by atoms with Gasteiger partial charge in [-0.25, -0.2) is 0 Å². The Bertz CT molecular complexity index is 686. The van der Waals surface area contributed by atoms with Crippen molar-refractivity contribution in [1.82, 2.24) is 5.32 Å². The smallest absolute Gasteiger partial charge is 0.257 e. The van der Waals surface area contributed by atoms with Crippen molar-refractivity contribution in [1.29, 1.82) is 0 Å². The molecule has 0 unspecified atom stereocenters. The van der Waals surface area contributed by atoms with Gasteiger partial charge in [0.25, 0.3) is 11.8 Å². The monoisotopic (exact) mass is 316 g/mol. The Morgan fingerprint density at radius 2 is 1.59 bits per heavy atom. The second kappa shape index (κ2) is 7.61. The van der Waals surface area contributed by atoms with Crippen molar-refractivity contribution in [3.63, 3.8) is 0 Å². The maximum atomic E-state index is 12.3. The third-order valence-electron chi connectivity index (χ3n) is 3.07. The van der Waals surface area contributed by atoms with Crippen LogP contribution in [-0.4, -0.2) is 18.4 Å². The van der Waals surface area contributed by atoms with Crippen LogP contribution in [0.2, 0.25) is 5.02 Å². The van der Waals surface area contributed by atoms with Crippen molar-refractivity contribution < 1.29 is 9.59 Å². The summed E-state index contributed by atoms with van der Waals surface area (Å²) in [7, 11) is 0. The molecule has 0 saturated heterocycles. The minimum Gasteiger partial charge on any atom is -0.352 e. The molecule has 0 aromatic heterocycles. The molecule has 114 valence electrons. The molecule has 2 N–H and O–H groups in total. The van der Waals surface area contributed by atoms with Gasteiger partial charge in [0.05, 0.1) is 21.8 Å². The van der Waals surface area contributed by atoms with Gasteiger partial charge in [-0.2, -0.15) is 0 Å². The van der Waals surface area contributed by atoms with E-state index in [1.165, 1.54) is 0 Å². The number of anilines is 1. The number of rotatable bonds is 5. The molecule has 0 heterocycles. The molecular formula is C17H17ClN2O2. The van der Waals surface area contributed by atoms with E-state index < -0.39 is 0 Å². The van der Waals surface area contributed by atoms with E-state index in [0.717, 1.165) is 6.42 Å². The highest BCUT2D eigenvalue weighted by molar-refractivity contribution is 6.34. The highest BCUT2D eigenvalue weighted by atomic mass is 35.5. The Hall–Kier alpha value is -2.33. The predicted octanol–water partition coefficient (Wildman–Crippen LogP) is 3.73. The van der Waals surface area contributed by atoms with E-state index in [0.29, 0.717) is 28.4 Å². The molecule has 5 heteroatoms. The molecule has 22 heavy (non-hydrogen) atoms. The van der Waals surface area contributed by atoms with Crippen LogP contribution in [0.5, 0.6) is 0 Å². The fourth-order valence-corrected chi connectivity index (χ4v) is 2.18. The lowest BCUT2D eigenvalue weighted by Gasteiger charge is -2.11. The van der Waals surface area contributed by atoms with E-state index in [2.05, 4.69) is 10.6 Å². The quantitative estimate of drug-likeness (QED) is 0.883. The van der Waals surface area contributed by atoms with Gasteiger partial charge in [-0.15, -0.1) is 0 Å². The van der Waals surface area contributed by atoms with Crippen LogP contribution < -0.4 is 10.6 Å². The SMILES string of the molecule is CCCNC(=O)c1ccccc1NC(=O)c1ccccc1Cl. The Labute approximate surface area is 134 Å². The van der Waals surface area contributed by atoms with Crippen molar-refractivity contribution >= 4 is 29.1 Å². The van der Waals surface area contributed by atoms with Gasteiger partial charge in [0.1, 0.15) is 0 Å². The zero-order valence-electron chi connectivity index (χ0n) is 12.2. The summed E-state index contributed by atoms with van der Waals surface area (Å²) in [5.74, 6) is -0.557. The summed E-state index contributed by atoms with van der Waals surface area (Å²) in [5.41, 5.74) is 1.25. The first-order chi connectivity index (χ1) is 10.6. The van der Waals surface area contributed by atoms with Gasteiger partial charge < -0.3 is 10.6 Å². The molecule has 2 aromatic rings. The summed E-state index contributed by atoms with van der Waals surface area (Å²) in [6.07, 6.45) is 0.847. The maximum Gasteiger partial charge on any atom is 0.257 e. The molecule has 0 aliphatic carbocycles. The van der Waals surface area contributed by atoms with Crippen molar-refractivity contribution in [2.24, 2.45) is 0 Å². The van der Waals surface area contributed by atoms with Crippen molar-refractivity contribution in [3.8, 4) is 0 Å². The van der Waals surface area contributed by atoms with Gasteiger partial charge in [-0.3, -0.25) is 9.59 Å². The van der Waals surface area contributed by atoms with E-state index in [9.17, 15) is 9.59 Å². The third kappa shape index (κ3) is 3.86. The number of benzene rings is 2. The fraction of sp³-hybridized carbons (Fsp3) is 0.176. The summed E-state index contributed by atoms with van der Waals surface area (Å²) in [5, 5.41) is 5.91. The zero-order chi connectivity index (χ0) is 15.9. The first-order valence-electron chi connectivity index (χ1n) is 7.06. The van der Waals surface area contributed by atoms with Gasteiger partial charge in [0.2, 0.25) is 0 Å². The fourth-order valence-electron chi connectivity index (χ4n) is 1.96. The van der Waals surface area contributed by atoms with Crippen molar-refractivity contribution in [2.45, 2.75) is 13.3 Å². The molecule has 0 atom stereocenters. The molecule has 4 nitrogen and oxygen atoms in total. The Morgan fingerprint density at radius 1 is 0.955 bits per heavy atom. The van der Waals surface area contributed by atoms with E-state index in [4.69, 9.17) is 11.6 Å². The molecule has 0 saturated carbocycles.